The third kappa shape index (κ3) is 4.46. The van der Waals surface area contributed by atoms with Gasteiger partial charge in [0.25, 0.3) is 0 Å². The zero-order chi connectivity index (χ0) is 21.0. The summed E-state index contributed by atoms with van der Waals surface area (Å²) in [7, 11) is 0. The molecule has 0 spiro atoms. The number of nitrogens with two attached hydrogens (primary N) is 1. The van der Waals surface area contributed by atoms with E-state index in [-0.39, 0.29) is 36.0 Å². The van der Waals surface area contributed by atoms with Crippen molar-refractivity contribution in [2.75, 3.05) is 6.61 Å². The van der Waals surface area contributed by atoms with Gasteiger partial charge in [-0.3, -0.25) is 0 Å². The van der Waals surface area contributed by atoms with Crippen LogP contribution >= 0.6 is 15.9 Å². The zero-order valence-electron chi connectivity index (χ0n) is 15.9. The van der Waals surface area contributed by atoms with Gasteiger partial charge in [0.1, 0.15) is 41.3 Å². The van der Waals surface area contributed by atoms with E-state index in [1.54, 1.807) is 26.0 Å². The van der Waals surface area contributed by atoms with Crippen LogP contribution in [0.25, 0.3) is 0 Å². The first-order valence-electron chi connectivity index (χ1n) is 8.87. The molecule has 1 aliphatic rings. The minimum atomic E-state index is -0.813. The van der Waals surface area contributed by atoms with Crippen LogP contribution in [0.3, 0.4) is 0 Å². The largest absolute Gasteiger partial charge is 0.486 e. The molecule has 0 unspecified atom stereocenters. The molecule has 1 atom stereocenters. The molecule has 0 bridgehead atoms. The third-order valence-electron chi connectivity index (χ3n) is 4.25. The number of esters is 1. The van der Waals surface area contributed by atoms with Gasteiger partial charge in [0.05, 0.1) is 18.1 Å². The van der Waals surface area contributed by atoms with Crippen LogP contribution < -0.4 is 10.5 Å². The fourth-order valence-electron chi connectivity index (χ4n) is 2.98. The number of carbonyl (C=O) groups excluding carboxylic acids is 1. The van der Waals surface area contributed by atoms with E-state index in [0.717, 1.165) is 4.47 Å². The number of nitrogens with zero attached hydrogens (tertiary/aromatic N) is 1. The lowest BCUT2D eigenvalue weighted by Gasteiger charge is -2.25. The number of allylic oxidation sites excluding steroid dienone is 2. The molecule has 2 heterocycles. The van der Waals surface area contributed by atoms with Gasteiger partial charge >= 0.3 is 5.97 Å². The third-order valence-corrected chi connectivity index (χ3v) is 4.74. The number of carbonyl (C=O) groups is 1. The Balaban J connectivity index is 1.89. The van der Waals surface area contributed by atoms with Crippen LogP contribution in [0, 0.1) is 11.3 Å². The molecule has 2 N–H and O–H groups in total. The maximum Gasteiger partial charge on any atom is 0.338 e. The Morgan fingerprint density at radius 1 is 1.34 bits per heavy atom. The van der Waals surface area contributed by atoms with Crippen molar-refractivity contribution >= 4 is 21.9 Å². The van der Waals surface area contributed by atoms with Gasteiger partial charge in [-0.1, -0.05) is 22.0 Å². The Morgan fingerprint density at radius 3 is 2.83 bits per heavy atom. The van der Waals surface area contributed by atoms with Crippen LogP contribution in [-0.2, 0) is 20.9 Å². The van der Waals surface area contributed by atoms with Crippen molar-refractivity contribution in [1.82, 2.24) is 0 Å². The van der Waals surface area contributed by atoms with Gasteiger partial charge in [-0.15, -0.1) is 0 Å². The summed E-state index contributed by atoms with van der Waals surface area (Å²) in [5.41, 5.74) is 6.15. The second-order valence-electron chi connectivity index (χ2n) is 6.17. The highest BCUT2D eigenvalue weighted by atomic mass is 79.9. The Hall–Kier alpha value is -3.18. The maximum atomic E-state index is 12.5. The van der Waals surface area contributed by atoms with E-state index < -0.39 is 11.9 Å². The minimum absolute atomic E-state index is 0.0635. The van der Waals surface area contributed by atoms with Gasteiger partial charge in [0.15, 0.2) is 0 Å². The van der Waals surface area contributed by atoms with Crippen molar-refractivity contribution in [2.45, 2.75) is 26.4 Å². The molecule has 0 radical (unpaired) electrons. The summed E-state index contributed by atoms with van der Waals surface area (Å²) in [6.45, 7) is 3.66. The van der Waals surface area contributed by atoms with Crippen molar-refractivity contribution < 1.29 is 23.4 Å². The molecule has 0 aliphatic carbocycles. The zero-order valence-corrected chi connectivity index (χ0v) is 17.5. The second-order valence-corrected chi connectivity index (χ2v) is 7.08. The normalized spacial score (nSPS) is 16.3. The molecule has 3 rings (SSSR count). The van der Waals surface area contributed by atoms with E-state index in [0.29, 0.717) is 17.3 Å². The highest BCUT2D eigenvalue weighted by Crippen LogP contribution is 2.40. The number of nitriles is 1. The van der Waals surface area contributed by atoms with Crippen LogP contribution in [0.2, 0.25) is 0 Å². The Morgan fingerprint density at radius 2 is 2.14 bits per heavy atom. The van der Waals surface area contributed by atoms with Crippen molar-refractivity contribution in [3.8, 4) is 11.8 Å². The summed E-state index contributed by atoms with van der Waals surface area (Å²) in [6.07, 6.45) is 0. The molecular formula is C21H19BrN2O5. The molecule has 0 fully saturated rings. The lowest BCUT2D eigenvalue weighted by atomic mass is 9.87. The Labute approximate surface area is 176 Å². The van der Waals surface area contributed by atoms with E-state index in [9.17, 15) is 10.1 Å². The number of halogens is 1. The minimum Gasteiger partial charge on any atom is -0.486 e. The van der Waals surface area contributed by atoms with Gasteiger partial charge < -0.3 is 24.4 Å². The monoisotopic (exact) mass is 458 g/mol. The molecule has 0 saturated heterocycles. The molecule has 0 amide bonds. The average Bonchev–Trinajstić information content (AvgIpc) is 3.14. The number of ether oxygens (including phenoxy) is 3. The summed E-state index contributed by atoms with van der Waals surface area (Å²) < 4.78 is 23.0. The fraction of sp³-hybridized carbons (Fsp3) is 0.238. The topological polar surface area (TPSA) is 108 Å². The van der Waals surface area contributed by atoms with Crippen LogP contribution in [0.15, 0.2) is 68.1 Å². The number of hydrogen-bond donors (Lipinski definition) is 1. The van der Waals surface area contributed by atoms with Gasteiger partial charge in [0.2, 0.25) is 5.88 Å². The molecule has 1 aromatic carbocycles. The number of benzene rings is 1. The molecule has 29 heavy (non-hydrogen) atoms. The number of furan rings is 1. The van der Waals surface area contributed by atoms with Crippen LogP contribution in [0.5, 0.6) is 5.75 Å². The van der Waals surface area contributed by atoms with Crippen molar-refractivity contribution in [3.05, 3.63) is 75.2 Å². The number of rotatable bonds is 6. The maximum absolute atomic E-state index is 12.5. The first-order chi connectivity index (χ1) is 13.9. The first kappa shape index (κ1) is 20.6. The predicted molar refractivity (Wildman–Crippen MR) is 107 cm³/mol. The van der Waals surface area contributed by atoms with Gasteiger partial charge in [-0.25, -0.2) is 4.79 Å². The number of hydrogen-bond acceptors (Lipinski definition) is 7. The Bertz CT molecular complexity index is 1030. The van der Waals surface area contributed by atoms with Crippen LogP contribution in [0.1, 0.15) is 31.3 Å². The van der Waals surface area contributed by atoms with Crippen LogP contribution in [0.4, 0.5) is 0 Å². The summed E-state index contributed by atoms with van der Waals surface area (Å²) in [4.78, 5) is 12.5. The van der Waals surface area contributed by atoms with Gasteiger partial charge in [-0.05, 0) is 44.2 Å². The molecule has 8 heteroatoms. The van der Waals surface area contributed by atoms with E-state index in [2.05, 4.69) is 15.9 Å². The molecule has 2 aromatic rings. The van der Waals surface area contributed by atoms with Crippen molar-refractivity contribution in [3.63, 3.8) is 0 Å². The van der Waals surface area contributed by atoms with Crippen LogP contribution in [-0.4, -0.2) is 12.6 Å². The summed E-state index contributed by atoms with van der Waals surface area (Å²) >= 11 is 3.39. The standard InChI is InChI=1S/C21H19BrN2O5/c1-3-26-21(25)18-12(2)28-20(24)16(10-23)19(18)17-8-7-15(29-17)11-27-14-6-4-5-13(22)9-14/h4-9,19H,3,11,24H2,1-2H3/t19-/m0/s1. The fourth-order valence-corrected chi connectivity index (χ4v) is 3.36. The highest BCUT2D eigenvalue weighted by molar-refractivity contribution is 9.10. The van der Waals surface area contributed by atoms with Gasteiger partial charge in [-0.2, -0.15) is 5.26 Å². The Kier molecular flexibility index (Phi) is 6.29. The highest BCUT2D eigenvalue weighted by Gasteiger charge is 2.38. The molecule has 1 aliphatic heterocycles. The summed E-state index contributed by atoms with van der Waals surface area (Å²) in [5.74, 6) is 0.394. The molecule has 7 nitrogen and oxygen atoms in total. The predicted octanol–water partition coefficient (Wildman–Crippen LogP) is 4.27. The van der Waals surface area contributed by atoms with E-state index in [1.807, 2.05) is 30.3 Å². The molecule has 150 valence electrons. The molecule has 0 saturated carbocycles. The van der Waals surface area contributed by atoms with Crippen molar-refractivity contribution in [2.24, 2.45) is 5.73 Å². The summed E-state index contributed by atoms with van der Waals surface area (Å²) in [6, 6.07) is 12.9. The van der Waals surface area contributed by atoms with Crippen molar-refractivity contribution in [1.29, 1.82) is 5.26 Å². The molecule has 1 aromatic heterocycles. The molecular weight excluding hydrogens is 440 g/mol. The lowest BCUT2D eigenvalue weighted by molar-refractivity contribution is -0.139. The summed E-state index contributed by atoms with van der Waals surface area (Å²) in [5, 5.41) is 9.58. The second kappa shape index (κ2) is 8.88. The smallest absolute Gasteiger partial charge is 0.338 e. The quantitative estimate of drug-likeness (QED) is 0.643. The van der Waals surface area contributed by atoms with E-state index in [1.165, 1.54) is 0 Å². The van der Waals surface area contributed by atoms with E-state index >= 15 is 0 Å². The first-order valence-corrected chi connectivity index (χ1v) is 9.66. The average molecular weight is 459 g/mol. The SMILES string of the molecule is CCOC(=O)C1=C(C)OC(N)=C(C#N)[C@H]1c1ccc(COc2cccc(Br)c2)o1. The lowest BCUT2D eigenvalue weighted by Crippen LogP contribution is -2.25. The van der Waals surface area contributed by atoms with Gasteiger partial charge in [0, 0.05) is 4.47 Å². The van der Waals surface area contributed by atoms with E-state index in [4.69, 9.17) is 24.4 Å².